The second-order valence-corrected chi connectivity index (χ2v) is 2.81. The van der Waals surface area contributed by atoms with Gasteiger partial charge in [0, 0.05) is 21.3 Å². The summed E-state index contributed by atoms with van der Waals surface area (Å²) >= 11 is 0. The molecule has 0 N–H and O–H groups in total. The Morgan fingerprint density at radius 3 is 2.20 bits per heavy atom. The molecule has 0 spiro atoms. The van der Waals surface area contributed by atoms with E-state index in [0.29, 0.717) is 0 Å². The maximum Gasteiger partial charge on any atom is 0.397 e. The maximum atomic E-state index is 11.3. The van der Waals surface area contributed by atoms with Crippen molar-refractivity contribution < 1.29 is 23.8 Å². The van der Waals surface area contributed by atoms with Crippen LogP contribution in [0.1, 0.15) is 6.92 Å². The van der Waals surface area contributed by atoms with Crippen LogP contribution in [0.4, 0.5) is 0 Å². The SMILES string of the molecule is CCOC(=O)C(=O)N(C)CC(OC)OC. The molecule has 0 fully saturated rings. The minimum absolute atomic E-state index is 0.171. The van der Waals surface area contributed by atoms with Crippen molar-refractivity contribution in [3.8, 4) is 0 Å². The molecule has 0 aliphatic rings. The van der Waals surface area contributed by atoms with Gasteiger partial charge in [-0.25, -0.2) is 4.79 Å². The number of methoxy groups -OCH3 is 2. The lowest BCUT2D eigenvalue weighted by atomic mass is 10.4. The fourth-order valence-corrected chi connectivity index (χ4v) is 0.900. The zero-order valence-electron chi connectivity index (χ0n) is 9.48. The molecule has 0 saturated carbocycles. The summed E-state index contributed by atoms with van der Waals surface area (Å²) in [5.41, 5.74) is 0. The van der Waals surface area contributed by atoms with Crippen LogP contribution in [0.2, 0.25) is 0 Å². The zero-order valence-corrected chi connectivity index (χ0v) is 9.48. The maximum absolute atomic E-state index is 11.3. The third kappa shape index (κ3) is 4.75. The van der Waals surface area contributed by atoms with Gasteiger partial charge in [-0.05, 0) is 6.92 Å². The Balaban J connectivity index is 4.13. The summed E-state index contributed by atoms with van der Waals surface area (Å²) in [6.07, 6.45) is -0.548. The number of esters is 1. The van der Waals surface area contributed by atoms with Crippen LogP contribution in [0, 0.1) is 0 Å². The van der Waals surface area contributed by atoms with E-state index in [-0.39, 0.29) is 13.2 Å². The lowest BCUT2D eigenvalue weighted by molar-refractivity contribution is -0.163. The van der Waals surface area contributed by atoms with Crippen LogP contribution in [0.5, 0.6) is 0 Å². The van der Waals surface area contributed by atoms with Gasteiger partial charge in [-0.3, -0.25) is 4.79 Å². The normalized spacial score (nSPS) is 10.2. The third-order valence-corrected chi connectivity index (χ3v) is 1.75. The molecule has 6 heteroatoms. The Bertz CT molecular complexity index is 215. The lowest BCUT2D eigenvalue weighted by Gasteiger charge is -2.21. The topological polar surface area (TPSA) is 65.1 Å². The van der Waals surface area contributed by atoms with Gasteiger partial charge in [0.15, 0.2) is 6.29 Å². The molecule has 0 aliphatic carbocycles. The van der Waals surface area contributed by atoms with Crippen molar-refractivity contribution in [2.45, 2.75) is 13.2 Å². The van der Waals surface area contributed by atoms with Crippen LogP contribution >= 0.6 is 0 Å². The van der Waals surface area contributed by atoms with Crippen molar-refractivity contribution in [2.24, 2.45) is 0 Å². The molecular weight excluding hydrogens is 202 g/mol. The van der Waals surface area contributed by atoms with Crippen molar-refractivity contribution in [3.05, 3.63) is 0 Å². The Morgan fingerprint density at radius 2 is 1.80 bits per heavy atom. The van der Waals surface area contributed by atoms with Gasteiger partial charge in [-0.15, -0.1) is 0 Å². The number of ether oxygens (including phenoxy) is 3. The molecule has 0 aromatic carbocycles. The first-order valence-corrected chi connectivity index (χ1v) is 4.54. The highest BCUT2D eigenvalue weighted by atomic mass is 16.7. The van der Waals surface area contributed by atoms with Gasteiger partial charge in [0.25, 0.3) is 0 Å². The van der Waals surface area contributed by atoms with Crippen LogP contribution in [-0.4, -0.2) is 57.5 Å². The van der Waals surface area contributed by atoms with Crippen LogP contribution < -0.4 is 0 Å². The molecule has 0 bridgehead atoms. The first-order chi connectivity index (χ1) is 7.06. The highest BCUT2D eigenvalue weighted by Crippen LogP contribution is 1.96. The third-order valence-electron chi connectivity index (χ3n) is 1.75. The summed E-state index contributed by atoms with van der Waals surface area (Å²) in [5.74, 6) is -1.58. The van der Waals surface area contributed by atoms with E-state index in [1.54, 1.807) is 6.92 Å². The highest BCUT2D eigenvalue weighted by Gasteiger charge is 2.22. The zero-order chi connectivity index (χ0) is 11.8. The fraction of sp³-hybridized carbons (Fsp3) is 0.778. The minimum Gasteiger partial charge on any atom is -0.459 e. The molecule has 6 nitrogen and oxygen atoms in total. The number of hydrogen-bond donors (Lipinski definition) is 0. The number of carbonyl (C=O) groups is 2. The Kier molecular flexibility index (Phi) is 6.64. The largest absolute Gasteiger partial charge is 0.459 e. The monoisotopic (exact) mass is 219 g/mol. The van der Waals surface area contributed by atoms with Crippen LogP contribution in [0.25, 0.3) is 0 Å². The number of amides is 1. The van der Waals surface area contributed by atoms with Gasteiger partial charge in [0.2, 0.25) is 0 Å². The van der Waals surface area contributed by atoms with E-state index >= 15 is 0 Å². The molecule has 0 aliphatic heterocycles. The molecule has 0 heterocycles. The average molecular weight is 219 g/mol. The van der Waals surface area contributed by atoms with Gasteiger partial charge in [-0.2, -0.15) is 0 Å². The molecule has 0 unspecified atom stereocenters. The molecule has 88 valence electrons. The summed E-state index contributed by atoms with van der Waals surface area (Å²) in [7, 11) is 4.39. The predicted octanol–water partition coefficient (Wildman–Crippen LogP) is -0.373. The molecule has 0 rings (SSSR count). The van der Waals surface area contributed by atoms with Crippen molar-refractivity contribution in [1.82, 2.24) is 4.90 Å². The molecule has 0 aromatic heterocycles. The van der Waals surface area contributed by atoms with E-state index in [4.69, 9.17) is 9.47 Å². The molecule has 0 atom stereocenters. The van der Waals surface area contributed by atoms with E-state index < -0.39 is 18.2 Å². The fourth-order valence-electron chi connectivity index (χ4n) is 0.900. The smallest absolute Gasteiger partial charge is 0.397 e. The molecule has 15 heavy (non-hydrogen) atoms. The summed E-state index contributed by atoms with van der Waals surface area (Å²) in [4.78, 5) is 23.6. The van der Waals surface area contributed by atoms with Gasteiger partial charge in [-0.1, -0.05) is 0 Å². The van der Waals surface area contributed by atoms with Crippen molar-refractivity contribution in [2.75, 3.05) is 34.4 Å². The van der Waals surface area contributed by atoms with Crippen molar-refractivity contribution in [1.29, 1.82) is 0 Å². The average Bonchev–Trinajstić information content (AvgIpc) is 2.24. The molecule has 0 radical (unpaired) electrons. The number of nitrogens with zero attached hydrogens (tertiary/aromatic N) is 1. The van der Waals surface area contributed by atoms with E-state index in [1.165, 1.54) is 26.2 Å². The van der Waals surface area contributed by atoms with Crippen molar-refractivity contribution >= 4 is 11.9 Å². The number of likely N-dealkylation sites (N-methyl/N-ethyl adjacent to an activating group) is 1. The molecule has 1 amide bonds. The van der Waals surface area contributed by atoms with Crippen LogP contribution in [0.15, 0.2) is 0 Å². The quantitative estimate of drug-likeness (QED) is 0.358. The van der Waals surface area contributed by atoms with Gasteiger partial charge >= 0.3 is 11.9 Å². The lowest BCUT2D eigenvalue weighted by Crippen LogP contribution is -2.40. The van der Waals surface area contributed by atoms with Gasteiger partial charge in [0.05, 0.1) is 13.2 Å². The highest BCUT2D eigenvalue weighted by molar-refractivity contribution is 6.32. The first kappa shape index (κ1) is 13.9. The van der Waals surface area contributed by atoms with Crippen LogP contribution in [-0.2, 0) is 23.8 Å². The second-order valence-electron chi connectivity index (χ2n) is 2.81. The molecule has 0 aromatic rings. The second kappa shape index (κ2) is 7.19. The Labute approximate surface area is 89.1 Å². The first-order valence-electron chi connectivity index (χ1n) is 4.54. The van der Waals surface area contributed by atoms with Gasteiger partial charge in [0.1, 0.15) is 0 Å². The summed E-state index contributed by atoms with van der Waals surface area (Å²) < 4.78 is 14.3. The molecular formula is C9H17NO5. The van der Waals surface area contributed by atoms with Gasteiger partial charge < -0.3 is 19.1 Å². The summed E-state index contributed by atoms with van der Waals surface area (Å²) in [6.45, 7) is 1.99. The number of hydrogen-bond acceptors (Lipinski definition) is 5. The standard InChI is InChI=1S/C9H17NO5/c1-5-15-9(12)8(11)10(2)6-7(13-3)14-4/h7H,5-6H2,1-4H3. The van der Waals surface area contributed by atoms with E-state index in [9.17, 15) is 9.59 Å². The van der Waals surface area contributed by atoms with Crippen molar-refractivity contribution in [3.63, 3.8) is 0 Å². The van der Waals surface area contributed by atoms with E-state index in [2.05, 4.69) is 4.74 Å². The predicted molar refractivity (Wildman–Crippen MR) is 52.1 cm³/mol. The minimum atomic E-state index is -0.869. The van der Waals surface area contributed by atoms with E-state index in [1.807, 2.05) is 0 Å². The number of rotatable bonds is 5. The Hall–Kier alpha value is -1.14. The Morgan fingerprint density at radius 1 is 1.27 bits per heavy atom. The van der Waals surface area contributed by atoms with E-state index in [0.717, 1.165) is 0 Å². The van der Waals surface area contributed by atoms with Crippen LogP contribution in [0.3, 0.4) is 0 Å². The molecule has 0 saturated heterocycles. The summed E-state index contributed by atoms with van der Waals surface area (Å²) in [5, 5.41) is 0. The summed E-state index contributed by atoms with van der Waals surface area (Å²) in [6, 6.07) is 0. The number of carbonyl (C=O) groups excluding carboxylic acids is 2.